The number of piperazine rings is 1. The Balaban J connectivity index is 2.08. The van der Waals surface area contributed by atoms with Crippen LogP contribution in [0.2, 0.25) is 0 Å². The predicted molar refractivity (Wildman–Crippen MR) is 69.3 cm³/mol. The summed E-state index contributed by atoms with van der Waals surface area (Å²) in [6, 6.07) is 0. The van der Waals surface area contributed by atoms with Gasteiger partial charge in [-0.3, -0.25) is 4.90 Å². The van der Waals surface area contributed by atoms with Crippen LogP contribution in [-0.4, -0.2) is 99.5 Å². The van der Waals surface area contributed by atoms with Crippen molar-refractivity contribution in [2.75, 3.05) is 73.6 Å². The smallest absolute Gasteiger partial charge is 0.0899 e. The maximum Gasteiger partial charge on any atom is 0.0899 e. The Bertz CT molecular complexity index is 196. The molecule has 1 aliphatic rings. The molecule has 1 fully saturated rings. The summed E-state index contributed by atoms with van der Waals surface area (Å²) in [5, 5.41) is 9.60. The number of ether oxygens (including phenoxy) is 1. The molecule has 0 radical (unpaired) electrons. The molecule has 102 valence electrons. The van der Waals surface area contributed by atoms with Gasteiger partial charge in [-0.25, -0.2) is 0 Å². The topological polar surface area (TPSA) is 39.2 Å². The van der Waals surface area contributed by atoms with E-state index in [9.17, 15) is 5.11 Å². The Hall–Kier alpha value is -0.200. The Kier molecular flexibility index (Phi) is 6.99. The van der Waals surface area contributed by atoms with Gasteiger partial charge in [-0.05, 0) is 14.1 Å². The molecule has 0 spiro atoms. The third-order valence-electron chi connectivity index (χ3n) is 3.28. The number of aliphatic hydroxyl groups excluding tert-OH is 1. The van der Waals surface area contributed by atoms with Gasteiger partial charge < -0.3 is 19.6 Å². The largest absolute Gasteiger partial charge is 0.389 e. The molecule has 0 aromatic rings. The van der Waals surface area contributed by atoms with Gasteiger partial charge in [0.1, 0.15) is 0 Å². The highest BCUT2D eigenvalue weighted by Crippen LogP contribution is 1.99. The van der Waals surface area contributed by atoms with Crippen molar-refractivity contribution in [3.8, 4) is 0 Å². The minimum atomic E-state index is -0.377. The van der Waals surface area contributed by atoms with Gasteiger partial charge in [0.05, 0.1) is 12.7 Å². The summed E-state index contributed by atoms with van der Waals surface area (Å²) < 4.78 is 4.92. The average Bonchev–Trinajstić information content (AvgIpc) is 2.28. The lowest BCUT2D eigenvalue weighted by Crippen LogP contribution is -2.47. The van der Waals surface area contributed by atoms with Gasteiger partial charge in [0, 0.05) is 52.9 Å². The number of methoxy groups -OCH3 is 1. The first-order valence-corrected chi connectivity index (χ1v) is 6.38. The van der Waals surface area contributed by atoms with E-state index >= 15 is 0 Å². The number of rotatable bonds is 7. The molecule has 0 aromatic heterocycles. The van der Waals surface area contributed by atoms with Gasteiger partial charge in [0.2, 0.25) is 0 Å². The van der Waals surface area contributed by atoms with Crippen LogP contribution in [0, 0.1) is 0 Å². The van der Waals surface area contributed by atoms with Crippen LogP contribution in [0.1, 0.15) is 0 Å². The molecule has 1 rings (SSSR count). The standard InChI is InChI=1S/C12H27N3O2/c1-13-4-7-15(8-5-13)9-6-14(2)10-12(16)11-17-3/h12,16H,4-11H2,1-3H3. The number of hydrogen-bond acceptors (Lipinski definition) is 5. The fourth-order valence-electron chi connectivity index (χ4n) is 2.08. The van der Waals surface area contributed by atoms with E-state index in [-0.39, 0.29) is 6.10 Å². The third kappa shape index (κ3) is 6.33. The van der Waals surface area contributed by atoms with Crippen LogP contribution < -0.4 is 0 Å². The van der Waals surface area contributed by atoms with E-state index in [0.29, 0.717) is 13.2 Å². The zero-order valence-corrected chi connectivity index (χ0v) is 11.4. The van der Waals surface area contributed by atoms with Crippen LogP contribution in [0.15, 0.2) is 0 Å². The van der Waals surface area contributed by atoms with Gasteiger partial charge in [-0.15, -0.1) is 0 Å². The van der Waals surface area contributed by atoms with E-state index in [1.54, 1.807) is 7.11 Å². The van der Waals surface area contributed by atoms with Crippen LogP contribution in [0.5, 0.6) is 0 Å². The second-order valence-electron chi connectivity index (χ2n) is 5.02. The molecule has 1 unspecified atom stereocenters. The fourth-order valence-corrected chi connectivity index (χ4v) is 2.08. The summed E-state index contributed by atoms with van der Waals surface area (Å²) >= 11 is 0. The molecule has 0 aromatic carbocycles. The summed E-state index contributed by atoms with van der Waals surface area (Å²) in [5.41, 5.74) is 0. The average molecular weight is 245 g/mol. The van der Waals surface area contributed by atoms with Crippen molar-refractivity contribution in [3.63, 3.8) is 0 Å². The lowest BCUT2D eigenvalue weighted by Gasteiger charge is -2.33. The normalized spacial score (nSPS) is 21.0. The Morgan fingerprint density at radius 2 is 1.94 bits per heavy atom. The third-order valence-corrected chi connectivity index (χ3v) is 3.28. The van der Waals surface area contributed by atoms with E-state index in [4.69, 9.17) is 4.74 Å². The van der Waals surface area contributed by atoms with Crippen molar-refractivity contribution in [2.24, 2.45) is 0 Å². The molecule has 0 bridgehead atoms. The Morgan fingerprint density at radius 3 is 2.53 bits per heavy atom. The van der Waals surface area contributed by atoms with Crippen LogP contribution in [0.25, 0.3) is 0 Å². The Morgan fingerprint density at radius 1 is 1.29 bits per heavy atom. The van der Waals surface area contributed by atoms with Crippen LogP contribution in [0.3, 0.4) is 0 Å². The highest BCUT2D eigenvalue weighted by molar-refractivity contribution is 4.70. The van der Waals surface area contributed by atoms with Crippen LogP contribution >= 0.6 is 0 Å². The van der Waals surface area contributed by atoms with Crippen molar-refractivity contribution in [1.29, 1.82) is 0 Å². The molecule has 1 N–H and O–H groups in total. The van der Waals surface area contributed by atoms with Crippen LogP contribution in [-0.2, 0) is 4.74 Å². The van der Waals surface area contributed by atoms with Gasteiger partial charge >= 0.3 is 0 Å². The zero-order valence-electron chi connectivity index (χ0n) is 11.4. The molecule has 1 atom stereocenters. The Labute approximate surface area is 105 Å². The first-order valence-electron chi connectivity index (χ1n) is 6.38. The minimum Gasteiger partial charge on any atom is -0.389 e. The van der Waals surface area contributed by atoms with Crippen molar-refractivity contribution < 1.29 is 9.84 Å². The number of aliphatic hydroxyl groups is 1. The maximum absolute atomic E-state index is 9.60. The molecule has 0 saturated carbocycles. The lowest BCUT2D eigenvalue weighted by molar-refractivity contribution is 0.0401. The summed E-state index contributed by atoms with van der Waals surface area (Å²) in [5.74, 6) is 0. The van der Waals surface area contributed by atoms with Crippen molar-refractivity contribution in [1.82, 2.24) is 14.7 Å². The summed E-state index contributed by atoms with van der Waals surface area (Å²) in [7, 11) is 5.84. The molecule has 1 saturated heterocycles. The fraction of sp³-hybridized carbons (Fsp3) is 1.00. The van der Waals surface area contributed by atoms with E-state index < -0.39 is 0 Å². The zero-order chi connectivity index (χ0) is 12.7. The quantitative estimate of drug-likeness (QED) is 0.634. The lowest BCUT2D eigenvalue weighted by atomic mass is 10.3. The summed E-state index contributed by atoms with van der Waals surface area (Å²) in [4.78, 5) is 7.02. The molecule has 1 aliphatic heterocycles. The molecule has 1 heterocycles. The maximum atomic E-state index is 9.60. The SMILES string of the molecule is COCC(O)CN(C)CCN1CCN(C)CC1. The molecular weight excluding hydrogens is 218 g/mol. The van der Waals surface area contributed by atoms with Crippen molar-refractivity contribution >= 4 is 0 Å². The number of likely N-dealkylation sites (N-methyl/N-ethyl adjacent to an activating group) is 2. The summed E-state index contributed by atoms with van der Waals surface area (Å²) in [6.45, 7) is 7.83. The molecule has 17 heavy (non-hydrogen) atoms. The van der Waals surface area contributed by atoms with Gasteiger partial charge in [0.25, 0.3) is 0 Å². The van der Waals surface area contributed by atoms with Gasteiger partial charge in [-0.1, -0.05) is 0 Å². The second-order valence-corrected chi connectivity index (χ2v) is 5.02. The van der Waals surface area contributed by atoms with E-state index in [1.165, 1.54) is 0 Å². The van der Waals surface area contributed by atoms with Crippen molar-refractivity contribution in [3.05, 3.63) is 0 Å². The molecule has 0 aliphatic carbocycles. The molecule has 5 nitrogen and oxygen atoms in total. The second kappa shape index (κ2) is 8.00. The monoisotopic (exact) mass is 245 g/mol. The van der Waals surface area contributed by atoms with Gasteiger partial charge in [0.15, 0.2) is 0 Å². The first-order chi connectivity index (χ1) is 8.11. The van der Waals surface area contributed by atoms with E-state index in [0.717, 1.165) is 39.3 Å². The highest BCUT2D eigenvalue weighted by atomic mass is 16.5. The number of nitrogens with zero attached hydrogens (tertiary/aromatic N) is 3. The van der Waals surface area contributed by atoms with E-state index in [1.807, 2.05) is 0 Å². The molecular formula is C12H27N3O2. The van der Waals surface area contributed by atoms with Crippen molar-refractivity contribution in [2.45, 2.75) is 6.10 Å². The predicted octanol–water partition coefficient (Wildman–Crippen LogP) is -0.827. The van der Waals surface area contributed by atoms with Crippen LogP contribution in [0.4, 0.5) is 0 Å². The first kappa shape index (κ1) is 14.9. The highest BCUT2D eigenvalue weighted by Gasteiger charge is 2.14. The molecule has 0 amide bonds. The molecule has 5 heteroatoms. The van der Waals surface area contributed by atoms with E-state index in [2.05, 4.69) is 28.8 Å². The number of hydrogen-bond donors (Lipinski definition) is 1. The summed E-state index contributed by atoms with van der Waals surface area (Å²) in [6.07, 6.45) is -0.377. The minimum absolute atomic E-state index is 0.377. The van der Waals surface area contributed by atoms with Gasteiger partial charge in [-0.2, -0.15) is 0 Å².